The first-order valence-corrected chi connectivity index (χ1v) is 9.34. The number of nitrogens with zero attached hydrogens (tertiary/aromatic N) is 2. The second-order valence-corrected chi connectivity index (χ2v) is 6.88. The van der Waals surface area contributed by atoms with Crippen molar-refractivity contribution in [1.82, 2.24) is 5.10 Å². The van der Waals surface area contributed by atoms with Crippen molar-refractivity contribution < 1.29 is 9.07 Å². The number of hydrogen-bond acceptors (Lipinski definition) is 3. The van der Waals surface area contributed by atoms with Crippen LogP contribution in [0.15, 0.2) is 84.9 Å². The van der Waals surface area contributed by atoms with Crippen LogP contribution in [0.25, 0.3) is 17.8 Å². The van der Waals surface area contributed by atoms with E-state index in [4.69, 9.17) is 5.10 Å². The van der Waals surface area contributed by atoms with Gasteiger partial charge in [-0.25, -0.2) is 4.39 Å². The summed E-state index contributed by atoms with van der Waals surface area (Å²) >= 11 is 1.55. The van der Waals surface area contributed by atoms with Crippen molar-refractivity contribution in [3.8, 4) is 5.69 Å². The number of halogens is 1. The maximum absolute atomic E-state index is 13.1. The van der Waals surface area contributed by atoms with Crippen LogP contribution < -0.4 is 10.00 Å². The van der Waals surface area contributed by atoms with E-state index < -0.39 is 0 Å². The minimum Gasteiger partial charge on any atom is -0.327 e. The highest BCUT2D eigenvalue weighted by molar-refractivity contribution is 7.15. The van der Waals surface area contributed by atoms with E-state index in [1.54, 1.807) is 23.5 Å². The second-order valence-electron chi connectivity index (χ2n) is 5.87. The molecule has 3 aromatic carbocycles. The number of aromatic nitrogens is 2. The van der Waals surface area contributed by atoms with Crippen molar-refractivity contribution in [2.75, 3.05) is 5.32 Å². The molecule has 0 radical (unpaired) electrons. The Balaban J connectivity index is 1.68. The molecule has 0 aliphatic carbocycles. The van der Waals surface area contributed by atoms with Crippen molar-refractivity contribution in [3.63, 3.8) is 0 Å². The Bertz CT molecular complexity index is 1040. The van der Waals surface area contributed by atoms with Gasteiger partial charge in [0.1, 0.15) is 5.82 Å². The Hall–Kier alpha value is -3.31. The maximum atomic E-state index is 13.1. The van der Waals surface area contributed by atoms with Crippen LogP contribution >= 0.6 is 11.3 Å². The summed E-state index contributed by atoms with van der Waals surface area (Å²) in [4.78, 5) is 0. The zero-order valence-corrected chi connectivity index (χ0v) is 15.2. The van der Waals surface area contributed by atoms with Gasteiger partial charge in [0, 0.05) is 29.0 Å². The van der Waals surface area contributed by atoms with E-state index in [0.29, 0.717) is 0 Å². The Morgan fingerprint density at radius 1 is 0.815 bits per heavy atom. The van der Waals surface area contributed by atoms with Crippen LogP contribution in [0.5, 0.6) is 0 Å². The van der Waals surface area contributed by atoms with Gasteiger partial charge in [-0.2, -0.15) is 0 Å². The normalized spacial score (nSPS) is 11.0. The van der Waals surface area contributed by atoms with Crippen LogP contribution in [0.2, 0.25) is 0 Å². The van der Waals surface area contributed by atoms with Crippen molar-refractivity contribution in [3.05, 3.63) is 101 Å². The quantitative estimate of drug-likeness (QED) is 0.469. The van der Waals surface area contributed by atoms with Gasteiger partial charge < -0.3 is 5.32 Å². The molecule has 0 saturated carbocycles. The van der Waals surface area contributed by atoms with Crippen molar-refractivity contribution in [2.24, 2.45) is 0 Å². The Morgan fingerprint density at radius 2 is 1.48 bits per heavy atom. The molecule has 0 aliphatic rings. The average molecular weight is 374 g/mol. The molecule has 0 saturated heterocycles. The third-order valence-corrected chi connectivity index (χ3v) is 4.81. The first kappa shape index (κ1) is 17.1. The van der Waals surface area contributed by atoms with Crippen LogP contribution in [-0.2, 0) is 0 Å². The van der Waals surface area contributed by atoms with E-state index in [1.165, 1.54) is 12.1 Å². The lowest BCUT2D eigenvalue weighted by Gasteiger charge is -1.97. The van der Waals surface area contributed by atoms with Crippen LogP contribution in [0.3, 0.4) is 0 Å². The van der Waals surface area contributed by atoms with E-state index >= 15 is 0 Å². The molecule has 1 N–H and O–H groups in total. The summed E-state index contributed by atoms with van der Waals surface area (Å²) in [6, 6.07) is 26.4. The minimum absolute atomic E-state index is 0.237. The zero-order valence-electron chi connectivity index (χ0n) is 14.4. The van der Waals surface area contributed by atoms with Gasteiger partial charge in [0.15, 0.2) is 0 Å². The Kier molecular flexibility index (Phi) is 5.03. The summed E-state index contributed by atoms with van der Waals surface area (Å²) in [5.41, 5.74) is 2.90. The summed E-state index contributed by atoms with van der Waals surface area (Å²) in [5.74, 6) is -0.237. The van der Waals surface area contributed by atoms with E-state index in [2.05, 4.69) is 5.32 Å². The van der Waals surface area contributed by atoms with Crippen LogP contribution in [0.1, 0.15) is 10.6 Å². The highest BCUT2D eigenvalue weighted by atomic mass is 32.1. The number of nitrogens with one attached hydrogen (secondary N) is 1. The molecule has 0 aliphatic heterocycles. The number of rotatable bonds is 5. The molecule has 4 aromatic rings. The fourth-order valence-corrected chi connectivity index (χ4v) is 3.46. The summed E-state index contributed by atoms with van der Waals surface area (Å²) in [6.45, 7) is 0. The average Bonchev–Trinajstić information content (AvgIpc) is 3.12. The molecule has 27 heavy (non-hydrogen) atoms. The molecule has 3 nitrogen and oxygen atoms in total. The zero-order chi connectivity index (χ0) is 18.5. The molecule has 5 heteroatoms. The lowest BCUT2D eigenvalue weighted by Crippen LogP contribution is -2.35. The van der Waals surface area contributed by atoms with Crippen molar-refractivity contribution >= 4 is 34.3 Å². The standard InChI is InChI=1S/C22H17FN3S/c23-18-14-11-17(12-15-18)13-16-21-26(20-9-5-2-6-10-20)25-22(27-21)24-19-7-3-1-4-8-19/h1-16H,(H,24,25)/q+1/b16-13-. The Morgan fingerprint density at radius 3 is 2.19 bits per heavy atom. The summed E-state index contributed by atoms with van der Waals surface area (Å²) in [7, 11) is 0. The predicted octanol–water partition coefficient (Wildman–Crippen LogP) is 5.47. The molecule has 0 atom stereocenters. The fraction of sp³-hybridized carbons (Fsp3) is 0. The number of para-hydroxylation sites is 2. The molecular weight excluding hydrogens is 357 g/mol. The van der Waals surface area contributed by atoms with Gasteiger partial charge in [0.2, 0.25) is 5.69 Å². The SMILES string of the molecule is Fc1ccc(/C=C\c2sc(Nc3ccccc3)n[n+]2-c2ccccc2)cc1. The van der Waals surface area contributed by atoms with Crippen LogP contribution in [0.4, 0.5) is 15.2 Å². The third-order valence-electron chi connectivity index (χ3n) is 3.92. The van der Waals surface area contributed by atoms with Gasteiger partial charge in [-0.15, -0.1) is 0 Å². The van der Waals surface area contributed by atoms with E-state index in [1.807, 2.05) is 77.5 Å². The van der Waals surface area contributed by atoms with Gasteiger partial charge in [-0.1, -0.05) is 48.5 Å². The van der Waals surface area contributed by atoms with Crippen LogP contribution in [0, 0.1) is 5.82 Å². The van der Waals surface area contributed by atoms with Gasteiger partial charge in [0.25, 0.3) is 10.1 Å². The molecule has 0 fully saturated rings. The van der Waals surface area contributed by atoms with Gasteiger partial charge >= 0.3 is 0 Å². The molecule has 1 aromatic heterocycles. The summed E-state index contributed by atoms with van der Waals surface area (Å²) < 4.78 is 15.0. The molecule has 0 spiro atoms. The molecule has 0 amide bonds. The molecule has 0 unspecified atom stereocenters. The first-order chi connectivity index (χ1) is 13.3. The topological polar surface area (TPSA) is 28.8 Å². The fourth-order valence-electron chi connectivity index (χ4n) is 2.60. The second kappa shape index (κ2) is 7.93. The lowest BCUT2D eigenvalue weighted by atomic mass is 10.2. The lowest BCUT2D eigenvalue weighted by molar-refractivity contribution is -0.654. The smallest absolute Gasteiger partial charge is 0.297 e. The van der Waals surface area contributed by atoms with Gasteiger partial charge in [0.05, 0.1) is 0 Å². The van der Waals surface area contributed by atoms with Crippen molar-refractivity contribution in [1.29, 1.82) is 0 Å². The number of hydrogen-bond donors (Lipinski definition) is 1. The van der Waals surface area contributed by atoms with E-state index in [-0.39, 0.29) is 5.82 Å². The molecule has 1 heterocycles. The van der Waals surface area contributed by atoms with Crippen LogP contribution in [-0.4, -0.2) is 5.10 Å². The monoisotopic (exact) mass is 374 g/mol. The number of benzene rings is 3. The van der Waals surface area contributed by atoms with E-state index in [0.717, 1.165) is 27.1 Å². The molecule has 132 valence electrons. The predicted molar refractivity (Wildman–Crippen MR) is 109 cm³/mol. The first-order valence-electron chi connectivity index (χ1n) is 8.52. The molecule has 4 rings (SSSR count). The minimum atomic E-state index is -0.237. The highest BCUT2D eigenvalue weighted by Crippen LogP contribution is 2.22. The summed E-state index contributed by atoms with van der Waals surface area (Å²) in [6.07, 6.45) is 3.95. The van der Waals surface area contributed by atoms with Gasteiger partial charge in [-0.05, 0) is 51.9 Å². The van der Waals surface area contributed by atoms with Gasteiger partial charge in [-0.3, -0.25) is 0 Å². The van der Waals surface area contributed by atoms with E-state index in [9.17, 15) is 4.39 Å². The molecule has 0 bridgehead atoms. The Labute approximate surface area is 161 Å². The van der Waals surface area contributed by atoms with Crippen molar-refractivity contribution in [2.45, 2.75) is 0 Å². The highest BCUT2D eigenvalue weighted by Gasteiger charge is 2.20. The maximum Gasteiger partial charge on any atom is 0.297 e. The third kappa shape index (κ3) is 4.27. The molecular formula is C22H17FN3S+. The largest absolute Gasteiger partial charge is 0.327 e. The summed E-state index contributed by atoms with van der Waals surface area (Å²) in [5, 5.41) is 9.82. The number of anilines is 2.